The number of amides is 1. The lowest BCUT2D eigenvalue weighted by Crippen LogP contribution is -2.40. The van der Waals surface area contributed by atoms with Gasteiger partial charge < -0.3 is 14.6 Å². The molecule has 7 nitrogen and oxygen atoms in total. The predicted octanol–water partition coefficient (Wildman–Crippen LogP) is 3.58. The fourth-order valence-electron chi connectivity index (χ4n) is 4.68. The summed E-state index contributed by atoms with van der Waals surface area (Å²) in [7, 11) is -3.52. The van der Waals surface area contributed by atoms with Crippen molar-refractivity contribution in [2.75, 3.05) is 39.4 Å². The number of ether oxygens (including phenoxy) is 1. The molecule has 1 saturated heterocycles. The fraction of sp³-hybridized carbons (Fsp3) is 0.346. The minimum absolute atomic E-state index is 0.0753. The van der Waals surface area contributed by atoms with Crippen LogP contribution in [0.15, 0.2) is 59.6 Å². The Morgan fingerprint density at radius 2 is 1.83 bits per heavy atom. The van der Waals surface area contributed by atoms with Crippen molar-refractivity contribution in [3.05, 3.63) is 71.7 Å². The quantitative estimate of drug-likeness (QED) is 0.565. The molecule has 1 amide bonds. The lowest BCUT2D eigenvalue weighted by Gasteiger charge is -2.27. The maximum Gasteiger partial charge on any atom is 0.243 e. The smallest absolute Gasteiger partial charge is 0.243 e. The zero-order valence-electron chi connectivity index (χ0n) is 19.4. The second-order valence-corrected chi connectivity index (χ2v) is 10.8. The molecule has 1 fully saturated rings. The van der Waals surface area contributed by atoms with E-state index in [1.54, 1.807) is 30.3 Å². The van der Waals surface area contributed by atoms with E-state index in [-0.39, 0.29) is 16.6 Å². The number of H-pyrrole nitrogens is 1. The Hall–Kier alpha value is -3.01. The summed E-state index contributed by atoms with van der Waals surface area (Å²) in [4.78, 5) is 18.0. The molecule has 1 aromatic heterocycles. The third-order valence-corrected chi connectivity index (χ3v) is 8.62. The molecule has 0 unspecified atom stereocenters. The van der Waals surface area contributed by atoms with Crippen molar-refractivity contribution in [1.29, 1.82) is 0 Å². The normalized spacial score (nSPS) is 17.5. The van der Waals surface area contributed by atoms with Gasteiger partial charge in [0.05, 0.1) is 18.1 Å². The van der Waals surface area contributed by atoms with Crippen LogP contribution in [0.3, 0.4) is 0 Å². The molecule has 184 valence electrons. The highest BCUT2D eigenvalue weighted by Gasteiger charge is 2.26. The number of benzene rings is 2. The van der Waals surface area contributed by atoms with Crippen LogP contribution in [0.2, 0.25) is 0 Å². The fourth-order valence-corrected chi connectivity index (χ4v) is 6.09. The number of rotatable bonds is 6. The van der Waals surface area contributed by atoms with Crippen molar-refractivity contribution in [3.8, 4) is 0 Å². The van der Waals surface area contributed by atoms with Crippen LogP contribution >= 0.6 is 0 Å². The van der Waals surface area contributed by atoms with Gasteiger partial charge in [-0.2, -0.15) is 4.31 Å². The first-order valence-corrected chi connectivity index (χ1v) is 13.3. The van der Waals surface area contributed by atoms with Crippen LogP contribution in [0.25, 0.3) is 16.5 Å². The molecule has 0 spiro atoms. The van der Waals surface area contributed by atoms with Gasteiger partial charge >= 0.3 is 0 Å². The molecule has 0 aliphatic carbocycles. The van der Waals surface area contributed by atoms with Crippen LogP contribution in [0, 0.1) is 5.82 Å². The highest BCUT2D eigenvalue weighted by molar-refractivity contribution is 7.89. The molecule has 0 atom stereocenters. The Bertz CT molecular complexity index is 1360. The summed E-state index contributed by atoms with van der Waals surface area (Å²) in [5, 5.41) is 0.983. The predicted molar refractivity (Wildman–Crippen MR) is 132 cm³/mol. The molecule has 0 bridgehead atoms. The maximum atomic E-state index is 13.5. The molecule has 0 saturated carbocycles. The Kier molecular flexibility index (Phi) is 6.73. The summed E-state index contributed by atoms with van der Waals surface area (Å²) in [5.74, 6) is -0.194. The maximum absolute atomic E-state index is 13.5. The molecule has 3 heterocycles. The summed E-state index contributed by atoms with van der Waals surface area (Å²) in [6.45, 7) is 2.73. The second-order valence-electron chi connectivity index (χ2n) is 8.87. The highest BCUT2D eigenvalue weighted by Crippen LogP contribution is 2.30. The summed E-state index contributed by atoms with van der Waals surface area (Å²) in [6.07, 6.45) is 5.63. The molecule has 2 aromatic carbocycles. The van der Waals surface area contributed by atoms with E-state index in [2.05, 4.69) is 11.1 Å². The number of aromatic nitrogens is 1. The van der Waals surface area contributed by atoms with Crippen LogP contribution in [-0.2, 0) is 26.0 Å². The van der Waals surface area contributed by atoms with Crippen LogP contribution in [-0.4, -0.2) is 67.9 Å². The lowest BCUT2D eigenvalue weighted by molar-refractivity contribution is -0.130. The van der Waals surface area contributed by atoms with E-state index in [9.17, 15) is 17.6 Å². The van der Waals surface area contributed by atoms with Crippen LogP contribution in [0.4, 0.5) is 4.39 Å². The number of nitrogens with zero attached hydrogens (tertiary/aromatic N) is 2. The number of aromatic amines is 1. The molecule has 5 rings (SSSR count). The molecule has 1 N–H and O–H groups in total. The second kappa shape index (κ2) is 9.93. The van der Waals surface area contributed by atoms with Crippen molar-refractivity contribution in [2.45, 2.75) is 24.2 Å². The standard InChI is InChI=1S/C26H28FN3O4S/c27-21-4-7-23-24(18-28-25(23)17-21)20-9-11-29(12-10-20)26(31)8-3-19-1-5-22(6-2-19)35(32,33)30-13-15-34-16-14-30/h1-2,4-7,9,17-18,28H,3,8,10-16H2. The molecule has 35 heavy (non-hydrogen) atoms. The number of nitrogens with one attached hydrogen (secondary N) is 1. The van der Waals surface area contributed by atoms with Gasteiger partial charge in [0.15, 0.2) is 0 Å². The monoisotopic (exact) mass is 497 g/mol. The van der Waals surface area contributed by atoms with Gasteiger partial charge in [0.1, 0.15) is 5.82 Å². The Labute approximate surface area is 204 Å². The third kappa shape index (κ3) is 5.03. The number of halogens is 1. The molecule has 2 aliphatic rings. The number of hydrogen-bond acceptors (Lipinski definition) is 4. The summed E-state index contributed by atoms with van der Waals surface area (Å²) >= 11 is 0. The Morgan fingerprint density at radius 1 is 1.06 bits per heavy atom. The van der Waals surface area contributed by atoms with E-state index in [0.717, 1.165) is 34.0 Å². The minimum atomic E-state index is -3.52. The summed E-state index contributed by atoms with van der Waals surface area (Å²) < 4.78 is 45.7. The van der Waals surface area contributed by atoms with Crippen molar-refractivity contribution >= 4 is 32.4 Å². The summed E-state index contributed by atoms with van der Waals surface area (Å²) in [5.41, 5.74) is 3.91. The number of carbonyl (C=O) groups is 1. The molecular weight excluding hydrogens is 469 g/mol. The van der Waals surface area contributed by atoms with E-state index in [1.165, 1.54) is 16.4 Å². The topological polar surface area (TPSA) is 82.7 Å². The number of hydrogen-bond donors (Lipinski definition) is 1. The van der Waals surface area contributed by atoms with Gasteiger partial charge in [0.25, 0.3) is 0 Å². The first-order valence-electron chi connectivity index (χ1n) is 11.8. The zero-order valence-corrected chi connectivity index (χ0v) is 20.2. The van der Waals surface area contributed by atoms with Gasteiger partial charge in [-0.15, -0.1) is 0 Å². The van der Waals surface area contributed by atoms with Crippen molar-refractivity contribution in [3.63, 3.8) is 0 Å². The first kappa shape index (κ1) is 23.7. The Balaban J connectivity index is 1.17. The van der Waals surface area contributed by atoms with E-state index in [1.807, 2.05) is 11.1 Å². The number of fused-ring (bicyclic) bond motifs is 1. The zero-order chi connectivity index (χ0) is 24.4. The van der Waals surface area contributed by atoms with E-state index in [0.29, 0.717) is 52.2 Å². The Morgan fingerprint density at radius 3 is 2.54 bits per heavy atom. The average molecular weight is 498 g/mol. The highest BCUT2D eigenvalue weighted by atomic mass is 32.2. The SMILES string of the molecule is O=C(CCc1ccc(S(=O)(=O)N2CCOCC2)cc1)N1CC=C(c2c[nH]c3cc(F)ccc23)CC1. The number of sulfonamides is 1. The molecule has 2 aliphatic heterocycles. The van der Waals surface area contributed by atoms with Crippen LogP contribution < -0.4 is 0 Å². The van der Waals surface area contributed by atoms with E-state index >= 15 is 0 Å². The largest absolute Gasteiger partial charge is 0.379 e. The van der Waals surface area contributed by atoms with Gasteiger partial charge in [-0.25, -0.2) is 12.8 Å². The summed E-state index contributed by atoms with van der Waals surface area (Å²) in [6, 6.07) is 11.5. The molecule has 3 aromatic rings. The molecule has 9 heteroatoms. The van der Waals surface area contributed by atoms with Crippen LogP contribution in [0.5, 0.6) is 0 Å². The van der Waals surface area contributed by atoms with E-state index in [4.69, 9.17) is 4.74 Å². The average Bonchev–Trinajstić information content (AvgIpc) is 3.31. The first-order chi connectivity index (χ1) is 16.9. The minimum Gasteiger partial charge on any atom is -0.379 e. The van der Waals surface area contributed by atoms with Gasteiger partial charge in [-0.05, 0) is 54.3 Å². The van der Waals surface area contributed by atoms with Gasteiger partial charge in [-0.1, -0.05) is 18.2 Å². The number of carbonyl (C=O) groups excluding carboxylic acids is 1. The number of aryl methyl sites for hydroxylation is 1. The number of morpholine rings is 1. The third-order valence-electron chi connectivity index (χ3n) is 6.71. The molecular formula is C26H28FN3O4S. The van der Waals surface area contributed by atoms with Gasteiger partial charge in [0.2, 0.25) is 15.9 Å². The van der Waals surface area contributed by atoms with E-state index < -0.39 is 10.0 Å². The van der Waals surface area contributed by atoms with Crippen LogP contribution in [0.1, 0.15) is 24.0 Å². The van der Waals surface area contributed by atoms with Gasteiger partial charge in [-0.3, -0.25) is 4.79 Å². The van der Waals surface area contributed by atoms with Crippen molar-refractivity contribution < 1.29 is 22.3 Å². The molecule has 0 radical (unpaired) electrons. The lowest BCUT2D eigenvalue weighted by atomic mass is 9.98. The van der Waals surface area contributed by atoms with Crippen molar-refractivity contribution in [2.24, 2.45) is 0 Å². The van der Waals surface area contributed by atoms with Gasteiger partial charge in [0, 0.05) is 55.3 Å². The van der Waals surface area contributed by atoms with Crippen molar-refractivity contribution in [1.82, 2.24) is 14.2 Å².